The van der Waals surface area contributed by atoms with Crippen molar-refractivity contribution in [3.05, 3.63) is 0 Å². The molecule has 104 valence electrons. The summed E-state index contributed by atoms with van der Waals surface area (Å²) in [6, 6.07) is 0. The first-order chi connectivity index (χ1) is 8.31. The predicted molar refractivity (Wildman–Crippen MR) is 84.1 cm³/mol. The summed E-state index contributed by atoms with van der Waals surface area (Å²) >= 11 is 4.65. The quantitative estimate of drug-likeness (QED) is 0.287. The lowest BCUT2D eigenvalue weighted by Crippen LogP contribution is -1.98. The van der Waals surface area contributed by atoms with E-state index in [1.807, 2.05) is 0 Å². The molecular formula is C16H34S. The lowest BCUT2D eigenvalue weighted by molar-refractivity contribution is 0.544. The molecule has 0 aliphatic heterocycles. The van der Waals surface area contributed by atoms with Crippen molar-refractivity contribution in [2.75, 3.05) is 0 Å². The Morgan fingerprint density at radius 1 is 0.588 bits per heavy atom. The van der Waals surface area contributed by atoms with Crippen LogP contribution in [0, 0.1) is 0 Å². The summed E-state index contributed by atoms with van der Waals surface area (Å²) in [6.07, 6.45) is 18.2. The molecule has 0 N–H and O–H groups in total. The van der Waals surface area contributed by atoms with Crippen molar-refractivity contribution in [3.8, 4) is 0 Å². The van der Waals surface area contributed by atoms with Crippen LogP contribution in [0.1, 0.15) is 97.3 Å². The Balaban J connectivity index is 3.02. The van der Waals surface area contributed by atoms with E-state index in [2.05, 4.69) is 26.5 Å². The molecule has 1 unspecified atom stereocenters. The molecule has 0 radical (unpaired) electrons. The highest BCUT2D eigenvalue weighted by Gasteiger charge is 2.01. The lowest BCUT2D eigenvalue weighted by atomic mass is 10.0. The maximum absolute atomic E-state index is 4.65. The molecular weight excluding hydrogens is 224 g/mol. The third-order valence-corrected chi connectivity index (χ3v) is 4.05. The van der Waals surface area contributed by atoms with Crippen LogP contribution in [0.5, 0.6) is 0 Å². The van der Waals surface area contributed by atoms with Crippen LogP contribution in [0.15, 0.2) is 0 Å². The van der Waals surface area contributed by atoms with Crippen LogP contribution in [0.4, 0.5) is 0 Å². The molecule has 0 aromatic rings. The molecule has 0 aromatic carbocycles. The van der Waals surface area contributed by atoms with Gasteiger partial charge in [0.2, 0.25) is 0 Å². The summed E-state index contributed by atoms with van der Waals surface area (Å²) in [5, 5.41) is 0.666. The maximum Gasteiger partial charge on any atom is 0.00168 e. The summed E-state index contributed by atoms with van der Waals surface area (Å²) in [5.74, 6) is 0. The minimum absolute atomic E-state index is 0.666. The normalized spacial score (nSPS) is 12.9. The highest BCUT2D eigenvalue weighted by molar-refractivity contribution is 7.80. The van der Waals surface area contributed by atoms with Gasteiger partial charge in [-0.3, -0.25) is 0 Å². The van der Waals surface area contributed by atoms with Gasteiger partial charge in [0.25, 0.3) is 0 Å². The average Bonchev–Trinajstić information content (AvgIpc) is 2.34. The second kappa shape index (κ2) is 14.4. The topological polar surface area (TPSA) is 0 Å². The molecule has 0 aliphatic rings. The smallest absolute Gasteiger partial charge is 0.00168 e. The van der Waals surface area contributed by atoms with E-state index < -0.39 is 0 Å². The molecule has 1 atom stereocenters. The predicted octanol–water partition coefficient (Wildman–Crippen LogP) is 6.40. The van der Waals surface area contributed by atoms with E-state index in [9.17, 15) is 0 Å². The van der Waals surface area contributed by atoms with Crippen molar-refractivity contribution in [1.29, 1.82) is 0 Å². The fraction of sp³-hybridized carbons (Fsp3) is 1.00. The van der Waals surface area contributed by atoms with Gasteiger partial charge in [0.05, 0.1) is 0 Å². The van der Waals surface area contributed by atoms with Gasteiger partial charge in [-0.25, -0.2) is 0 Å². The van der Waals surface area contributed by atoms with E-state index in [0.29, 0.717) is 5.25 Å². The number of rotatable bonds is 13. The van der Waals surface area contributed by atoms with Gasteiger partial charge in [-0.1, -0.05) is 84.5 Å². The van der Waals surface area contributed by atoms with Crippen molar-refractivity contribution in [3.63, 3.8) is 0 Å². The first kappa shape index (κ1) is 17.4. The summed E-state index contributed by atoms with van der Waals surface area (Å²) in [5.41, 5.74) is 0. The summed E-state index contributed by atoms with van der Waals surface area (Å²) < 4.78 is 0. The maximum atomic E-state index is 4.65. The van der Waals surface area contributed by atoms with Gasteiger partial charge in [0.15, 0.2) is 0 Å². The molecule has 0 amide bonds. The minimum Gasteiger partial charge on any atom is -0.176 e. The number of hydrogen-bond acceptors (Lipinski definition) is 1. The average molecular weight is 259 g/mol. The summed E-state index contributed by atoms with van der Waals surface area (Å²) in [6.45, 7) is 4.55. The Morgan fingerprint density at radius 2 is 1.00 bits per heavy atom. The van der Waals surface area contributed by atoms with Crippen LogP contribution in [0.2, 0.25) is 0 Å². The second-order valence-corrected chi connectivity index (χ2v) is 6.14. The molecule has 17 heavy (non-hydrogen) atoms. The molecule has 0 aromatic heterocycles. The molecule has 0 spiro atoms. The molecule has 0 rings (SSSR count). The minimum atomic E-state index is 0.666. The van der Waals surface area contributed by atoms with E-state index in [1.54, 1.807) is 0 Å². The van der Waals surface area contributed by atoms with Gasteiger partial charge < -0.3 is 0 Å². The highest BCUT2D eigenvalue weighted by atomic mass is 32.1. The first-order valence-electron chi connectivity index (χ1n) is 7.99. The van der Waals surface area contributed by atoms with Crippen LogP contribution < -0.4 is 0 Å². The van der Waals surface area contributed by atoms with Crippen molar-refractivity contribution >= 4 is 12.6 Å². The van der Waals surface area contributed by atoms with Crippen LogP contribution in [-0.4, -0.2) is 5.25 Å². The van der Waals surface area contributed by atoms with Crippen molar-refractivity contribution in [2.24, 2.45) is 0 Å². The lowest BCUT2D eigenvalue weighted by Gasteiger charge is -2.09. The first-order valence-corrected chi connectivity index (χ1v) is 8.51. The van der Waals surface area contributed by atoms with E-state index in [-0.39, 0.29) is 0 Å². The molecule has 0 saturated heterocycles. The Bertz CT molecular complexity index is 133. The number of thiol groups is 1. The Labute approximate surface area is 115 Å². The van der Waals surface area contributed by atoms with Crippen LogP contribution in [-0.2, 0) is 0 Å². The monoisotopic (exact) mass is 258 g/mol. The van der Waals surface area contributed by atoms with Gasteiger partial charge in [-0.2, -0.15) is 12.6 Å². The third kappa shape index (κ3) is 14.3. The van der Waals surface area contributed by atoms with E-state index in [1.165, 1.54) is 83.5 Å². The molecule has 0 bridgehead atoms. The van der Waals surface area contributed by atoms with Gasteiger partial charge >= 0.3 is 0 Å². The Hall–Kier alpha value is 0.350. The SMILES string of the molecule is CCCCCCCCCCCC(S)CCCC. The molecule has 0 saturated carbocycles. The zero-order valence-corrected chi connectivity index (χ0v) is 13.1. The summed E-state index contributed by atoms with van der Waals surface area (Å²) in [4.78, 5) is 0. The highest BCUT2D eigenvalue weighted by Crippen LogP contribution is 2.16. The van der Waals surface area contributed by atoms with E-state index >= 15 is 0 Å². The van der Waals surface area contributed by atoms with Gasteiger partial charge in [0.1, 0.15) is 0 Å². The van der Waals surface area contributed by atoms with Crippen LogP contribution >= 0.6 is 12.6 Å². The Kier molecular flexibility index (Phi) is 14.7. The van der Waals surface area contributed by atoms with E-state index in [4.69, 9.17) is 0 Å². The van der Waals surface area contributed by atoms with Crippen LogP contribution in [0.25, 0.3) is 0 Å². The second-order valence-electron chi connectivity index (χ2n) is 5.41. The molecule has 1 heteroatoms. The van der Waals surface area contributed by atoms with Crippen LogP contribution in [0.3, 0.4) is 0 Å². The van der Waals surface area contributed by atoms with Crippen molar-refractivity contribution < 1.29 is 0 Å². The standard InChI is InChI=1S/C16H34S/c1-3-5-7-8-9-10-11-12-13-15-16(17)14-6-4-2/h16-17H,3-15H2,1-2H3. The zero-order valence-electron chi connectivity index (χ0n) is 12.2. The Morgan fingerprint density at radius 3 is 1.53 bits per heavy atom. The van der Waals surface area contributed by atoms with E-state index in [0.717, 1.165) is 0 Å². The fourth-order valence-electron chi connectivity index (χ4n) is 2.27. The zero-order chi connectivity index (χ0) is 12.8. The molecule has 0 fully saturated rings. The van der Waals surface area contributed by atoms with Crippen molar-refractivity contribution in [1.82, 2.24) is 0 Å². The van der Waals surface area contributed by atoms with Gasteiger partial charge in [-0.15, -0.1) is 0 Å². The molecule has 0 aliphatic carbocycles. The molecule has 0 nitrogen and oxygen atoms in total. The van der Waals surface area contributed by atoms with Gasteiger partial charge in [0, 0.05) is 5.25 Å². The number of unbranched alkanes of at least 4 members (excludes halogenated alkanes) is 9. The molecule has 0 heterocycles. The largest absolute Gasteiger partial charge is 0.176 e. The van der Waals surface area contributed by atoms with Gasteiger partial charge in [-0.05, 0) is 12.8 Å². The number of hydrogen-bond donors (Lipinski definition) is 1. The third-order valence-electron chi connectivity index (χ3n) is 3.53. The fourth-order valence-corrected chi connectivity index (χ4v) is 2.64. The van der Waals surface area contributed by atoms with Crippen molar-refractivity contribution in [2.45, 2.75) is 103 Å². The summed E-state index contributed by atoms with van der Waals surface area (Å²) in [7, 11) is 0.